The zero-order valence-electron chi connectivity index (χ0n) is 38.0. The topological polar surface area (TPSA) is 162 Å². The van der Waals surface area contributed by atoms with Crippen LogP contribution in [0.3, 0.4) is 0 Å². The summed E-state index contributed by atoms with van der Waals surface area (Å²) >= 11 is 5.90. The number of carbonyl (C=O) groups excluding carboxylic acids is 4. The number of rotatable bonds is 16. The molecule has 4 N–H and O–H groups in total. The van der Waals surface area contributed by atoms with Crippen molar-refractivity contribution >= 4 is 36.2 Å². The van der Waals surface area contributed by atoms with Crippen molar-refractivity contribution in [2.75, 3.05) is 46.3 Å². The van der Waals surface area contributed by atoms with Crippen molar-refractivity contribution < 1.29 is 43.2 Å². The summed E-state index contributed by atoms with van der Waals surface area (Å²) in [5.74, 6) is 0.536. The van der Waals surface area contributed by atoms with Crippen molar-refractivity contribution in [1.82, 2.24) is 16.0 Å². The maximum atomic E-state index is 12.2. The van der Waals surface area contributed by atoms with Crippen LogP contribution in [0.2, 0.25) is 0 Å². The van der Waals surface area contributed by atoms with E-state index < -0.39 is 5.60 Å². The number of allylic oxidation sites excluding steroid dienone is 9. The standard InChI is InChI=1S/C25H40ClNO5.C19H26N2O2.2C2H4O/c1-17(6-9-21-15-25(29,16-26)12-13-31-21)7-10-23-18(2)14-22(20(4)32-23)27-24(28)11-8-19(3)30-5;1-4-8-15-14(5-2)16-9-6-7-10-17(16)18(15)13-23-19(22)21-12-11-20-3;2*1-2-3/h6-9,11,18-23,29H,10,12-16H2,1-5H3,(H,27,28);4-5,7-8,10,18,20H,2,6,9,11-13H2,1,3H3,(H,21,22);2*2H,1H3/b9-6+,11-8-,17-7+;8-4-;;. The molecule has 2 amide bonds. The Morgan fingerprint density at radius 3 is 2.48 bits per heavy atom. The highest BCUT2D eigenvalue weighted by molar-refractivity contribution is 6.18. The van der Waals surface area contributed by atoms with E-state index in [0.29, 0.717) is 38.5 Å². The molecule has 13 heteroatoms. The summed E-state index contributed by atoms with van der Waals surface area (Å²) in [6, 6.07) is -0.00893. The summed E-state index contributed by atoms with van der Waals surface area (Å²) in [6.07, 6.45) is 25.8. The van der Waals surface area contributed by atoms with E-state index >= 15 is 0 Å². The first-order valence-corrected chi connectivity index (χ1v) is 21.9. The van der Waals surface area contributed by atoms with Gasteiger partial charge in [0, 0.05) is 45.0 Å². The molecular weight excluding hydrogens is 798 g/mol. The van der Waals surface area contributed by atoms with Gasteiger partial charge in [0.25, 0.3) is 0 Å². The van der Waals surface area contributed by atoms with Gasteiger partial charge in [0.05, 0.1) is 48.5 Å². The van der Waals surface area contributed by atoms with Gasteiger partial charge in [-0.15, -0.1) is 11.6 Å². The lowest BCUT2D eigenvalue weighted by atomic mass is 9.88. The number of likely N-dealkylation sites (N-methyl/N-ethyl adjacent to an activating group) is 1. The number of aliphatic hydroxyl groups is 1. The molecule has 0 aromatic carbocycles. The van der Waals surface area contributed by atoms with Gasteiger partial charge >= 0.3 is 6.09 Å². The monoisotopic (exact) mass is 872 g/mol. The van der Waals surface area contributed by atoms with Crippen LogP contribution in [-0.4, -0.2) is 112 Å². The Morgan fingerprint density at radius 1 is 1.15 bits per heavy atom. The third-order valence-corrected chi connectivity index (χ3v) is 11.1. The molecule has 2 aliphatic carbocycles. The Hall–Kier alpha value is -3.91. The van der Waals surface area contributed by atoms with Crippen LogP contribution in [0.4, 0.5) is 4.79 Å². The summed E-state index contributed by atoms with van der Waals surface area (Å²) < 4.78 is 22.5. The number of alkyl halides is 1. The normalized spacial score (nSPS) is 26.6. The largest absolute Gasteiger partial charge is 0.449 e. The van der Waals surface area contributed by atoms with E-state index in [0.717, 1.165) is 50.4 Å². The number of methoxy groups -OCH3 is 1. The predicted octanol–water partition coefficient (Wildman–Crippen LogP) is 7.59. The number of nitrogens with one attached hydrogen (secondary N) is 3. The van der Waals surface area contributed by atoms with Gasteiger partial charge in [-0.1, -0.05) is 73.8 Å². The molecule has 0 bridgehead atoms. The molecule has 2 aliphatic heterocycles. The number of hydrogen-bond acceptors (Lipinski definition) is 10. The zero-order chi connectivity index (χ0) is 45.8. The number of ether oxygens (including phenoxy) is 4. The van der Waals surface area contributed by atoms with Gasteiger partial charge in [0.2, 0.25) is 5.91 Å². The van der Waals surface area contributed by atoms with E-state index in [1.807, 2.05) is 52.1 Å². The highest BCUT2D eigenvalue weighted by Gasteiger charge is 2.35. The minimum absolute atomic E-state index is 0.00893. The third kappa shape index (κ3) is 20.2. The molecule has 2 heterocycles. The third-order valence-electron chi connectivity index (χ3n) is 10.6. The van der Waals surface area contributed by atoms with Crippen LogP contribution < -0.4 is 16.0 Å². The number of carbonyl (C=O) groups is 4. The number of hydrogen-bond donors (Lipinski definition) is 4. The maximum Gasteiger partial charge on any atom is 0.407 e. The van der Waals surface area contributed by atoms with Gasteiger partial charge in [-0.05, 0) is 102 Å². The van der Waals surface area contributed by atoms with Gasteiger partial charge in [0.1, 0.15) is 19.2 Å². The van der Waals surface area contributed by atoms with Crippen molar-refractivity contribution in [1.29, 1.82) is 0 Å². The number of halogens is 1. The van der Waals surface area contributed by atoms with Gasteiger partial charge in [0.15, 0.2) is 0 Å². The first-order valence-electron chi connectivity index (χ1n) is 21.4. The van der Waals surface area contributed by atoms with Crippen molar-refractivity contribution in [2.24, 2.45) is 11.8 Å². The lowest BCUT2D eigenvalue weighted by Crippen LogP contribution is -2.50. The Morgan fingerprint density at radius 2 is 1.85 bits per heavy atom. The lowest BCUT2D eigenvalue weighted by Gasteiger charge is -2.39. The second kappa shape index (κ2) is 31.0. The van der Waals surface area contributed by atoms with Gasteiger partial charge in [-0.25, -0.2) is 4.79 Å². The van der Waals surface area contributed by atoms with Crippen molar-refractivity contribution in [3.05, 3.63) is 95.2 Å². The van der Waals surface area contributed by atoms with Crippen LogP contribution in [0, 0.1) is 11.8 Å². The van der Waals surface area contributed by atoms with Crippen LogP contribution in [0.25, 0.3) is 0 Å². The Bertz CT molecular complexity index is 1590. The highest BCUT2D eigenvalue weighted by atomic mass is 35.5. The summed E-state index contributed by atoms with van der Waals surface area (Å²) in [6.45, 7) is 19.1. The van der Waals surface area contributed by atoms with Gasteiger partial charge in [-0.2, -0.15) is 0 Å². The van der Waals surface area contributed by atoms with Crippen LogP contribution in [-0.2, 0) is 33.3 Å². The second-order valence-corrected chi connectivity index (χ2v) is 15.6. The maximum absolute atomic E-state index is 12.2. The molecule has 4 aliphatic rings. The molecule has 2 saturated heterocycles. The molecule has 0 aromatic rings. The molecule has 61 heavy (non-hydrogen) atoms. The number of alkyl carbamates (subject to hydrolysis) is 1. The summed E-state index contributed by atoms with van der Waals surface area (Å²) in [7, 11) is 3.46. The van der Waals surface area contributed by atoms with Crippen molar-refractivity contribution in [3.63, 3.8) is 0 Å². The van der Waals surface area contributed by atoms with E-state index in [2.05, 4.69) is 60.7 Å². The highest BCUT2D eigenvalue weighted by Crippen LogP contribution is 2.43. The summed E-state index contributed by atoms with van der Waals surface area (Å²) in [5.41, 5.74) is 5.30. The van der Waals surface area contributed by atoms with Crippen LogP contribution >= 0.6 is 11.6 Å². The van der Waals surface area contributed by atoms with E-state index in [9.17, 15) is 14.7 Å². The zero-order valence-corrected chi connectivity index (χ0v) is 38.8. The fraction of sp³-hybridized carbons (Fsp3) is 0.583. The Balaban J connectivity index is 0.000000561. The van der Waals surface area contributed by atoms with E-state index in [-0.39, 0.29) is 54.3 Å². The molecule has 2 fully saturated rings. The minimum Gasteiger partial charge on any atom is -0.449 e. The van der Waals surface area contributed by atoms with E-state index in [4.69, 9.17) is 40.1 Å². The quantitative estimate of drug-likeness (QED) is 0.0400. The molecule has 0 aromatic heterocycles. The van der Waals surface area contributed by atoms with Crippen molar-refractivity contribution in [2.45, 2.75) is 123 Å². The molecule has 0 radical (unpaired) electrons. The van der Waals surface area contributed by atoms with Crippen LogP contribution in [0.1, 0.15) is 87.0 Å². The predicted molar refractivity (Wildman–Crippen MR) is 245 cm³/mol. The molecule has 0 saturated carbocycles. The summed E-state index contributed by atoms with van der Waals surface area (Å²) in [5, 5.41) is 19.1. The van der Waals surface area contributed by atoms with Gasteiger partial charge < -0.3 is 49.6 Å². The average Bonchev–Trinajstić information content (AvgIpc) is 3.54. The summed E-state index contributed by atoms with van der Waals surface area (Å²) in [4.78, 5) is 41.6. The lowest BCUT2D eigenvalue weighted by molar-refractivity contribution is -0.123. The smallest absolute Gasteiger partial charge is 0.407 e. The molecule has 342 valence electrons. The van der Waals surface area contributed by atoms with Crippen molar-refractivity contribution in [3.8, 4) is 0 Å². The molecule has 4 rings (SSSR count). The minimum atomic E-state index is -0.836. The molecule has 8 unspecified atom stereocenters. The molecular formula is C48H74ClN3O9. The first kappa shape index (κ1) is 55.1. The van der Waals surface area contributed by atoms with E-state index in [1.54, 1.807) is 13.2 Å². The fourth-order valence-electron chi connectivity index (χ4n) is 7.19. The fourth-order valence-corrected chi connectivity index (χ4v) is 7.43. The van der Waals surface area contributed by atoms with Crippen LogP contribution in [0.15, 0.2) is 95.2 Å². The first-order chi connectivity index (χ1) is 29.2. The molecule has 0 spiro atoms. The van der Waals surface area contributed by atoms with Gasteiger partial charge in [-0.3, -0.25) is 4.79 Å². The van der Waals surface area contributed by atoms with Crippen LogP contribution in [0.5, 0.6) is 0 Å². The number of amides is 2. The van der Waals surface area contributed by atoms with E-state index in [1.165, 1.54) is 42.2 Å². The molecule has 8 atom stereocenters. The second-order valence-electron chi connectivity index (χ2n) is 15.4. The number of aldehydes is 2. The molecule has 12 nitrogen and oxygen atoms in total. The SMILES string of the molecule is C=CC1=C(/C=C\C)C(COC(=O)NCCNC)C2=C1CCC=C2.CC=O.CC=O.COC(C)/C=C\C(=O)NC1CC(C)C(C/C=C(C)/C=C/C2CC(O)(CCl)CCO2)OC1C. The Labute approximate surface area is 370 Å². The Kier molecular flexibility index (Phi) is 28.0. The average molecular weight is 873 g/mol.